The summed E-state index contributed by atoms with van der Waals surface area (Å²) in [6.07, 6.45) is 5.36. The molecule has 0 saturated heterocycles. The van der Waals surface area contributed by atoms with Crippen molar-refractivity contribution < 1.29 is 5.11 Å². The standard InChI is InChI=1S/C12H22O/c1-9(2)11-6-5-7-12(13,8-11)10(3)4/h8-10,13H,5-7H2,1-4H3. The first-order valence-electron chi connectivity index (χ1n) is 5.39. The molecule has 1 aliphatic carbocycles. The molecule has 0 radical (unpaired) electrons. The van der Waals surface area contributed by atoms with E-state index >= 15 is 0 Å². The highest BCUT2D eigenvalue weighted by atomic mass is 16.3. The maximum absolute atomic E-state index is 10.3. The van der Waals surface area contributed by atoms with Crippen LogP contribution in [0.4, 0.5) is 0 Å². The van der Waals surface area contributed by atoms with Crippen molar-refractivity contribution in [2.45, 2.75) is 52.6 Å². The highest BCUT2D eigenvalue weighted by molar-refractivity contribution is 5.17. The summed E-state index contributed by atoms with van der Waals surface area (Å²) >= 11 is 0. The molecule has 1 N–H and O–H groups in total. The van der Waals surface area contributed by atoms with Gasteiger partial charge in [0.05, 0.1) is 5.60 Å². The molecule has 76 valence electrons. The molecular formula is C12H22O. The molecule has 0 spiro atoms. The minimum atomic E-state index is -0.530. The summed E-state index contributed by atoms with van der Waals surface area (Å²) in [6.45, 7) is 8.61. The summed E-state index contributed by atoms with van der Waals surface area (Å²) in [5, 5.41) is 10.3. The van der Waals surface area contributed by atoms with Crippen LogP contribution in [0.15, 0.2) is 11.6 Å². The number of hydrogen-bond acceptors (Lipinski definition) is 1. The van der Waals surface area contributed by atoms with Crippen LogP contribution < -0.4 is 0 Å². The van der Waals surface area contributed by atoms with Crippen LogP contribution in [0.5, 0.6) is 0 Å². The van der Waals surface area contributed by atoms with Gasteiger partial charge in [0.2, 0.25) is 0 Å². The van der Waals surface area contributed by atoms with Crippen molar-refractivity contribution in [3.8, 4) is 0 Å². The third-order valence-electron chi connectivity index (χ3n) is 3.22. The zero-order chi connectivity index (χ0) is 10.1. The summed E-state index contributed by atoms with van der Waals surface area (Å²) in [7, 11) is 0. The lowest BCUT2D eigenvalue weighted by Crippen LogP contribution is -2.35. The SMILES string of the molecule is CC(C)C1=CC(O)(C(C)C)CCC1. The predicted molar refractivity (Wildman–Crippen MR) is 56.6 cm³/mol. The van der Waals surface area contributed by atoms with E-state index in [4.69, 9.17) is 0 Å². The van der Waals surface area contributed by atoms with Gasteiger partial charge < -0.3 is 5.11 Å². The predicted octanol–water partition coefficient (Wildman–Crippen LogP) is 3.14. The number of aliphatic hydroxyl groups is 1. The molecular weight excluding hydrogens is 160 g/mol. The second-order valence-electron chi connectivity index (χ2n) is 4.87. The fourth-order valence-electron chi connectivity index (χ4n) is 1.95. The molecule has 1 unspecified atom stereocenters. The van der Waals surface area contributed by atoms with E-state index in [2.05, 4.69) is 33.8 Å². The van der Waals surface area contributed by atoms with E-state index in [1.54, 1.807) is 0 Å². The first-order valence-corrected chi connectivity index (χ1v) is 5.39. The first-order chi connectivity index (χ1) is 5.96. The van der Waals surface area contributed by atoms with Crippen LogP contribution in [0.2, 0.25) is 0 Å². The van der Waals surface area contributed by atoms with Crippen molar-refractivity contribution in [3.63, 3.8) is 0 Å². The van der Waals surface area contributed by atoms with Gasteiger partial charge in [-0.25, -0.2) is 0 Å². The fraction of sp³-hybridized carbons (Fsp3) is 0.833. The molecule has 0 bridgehead atoms. The third-order valence-corrected chi connectivity index (χ3v) is 3.22. The summed E-state index contributed by atoms with van der Waals surface area (Å²) in [4.78, 5) is 0. The Kier molecular flexibility index (Phi) is 3.18. The number of allylic oxidation sites excluding steroid dienone is 1. The van der Waals surface area contributed by atoms with Gasteiger partial charge in [-0.1, -0.05) is 39.3 Å². The van der Waals surface area contributed by atoms with Gasteiger partial charge in [-0.2, -0.15) is 0 Å². The molecule has 0 aromatic rings. The molecule has 0 heterocycles. The van der Waals surface area contributed by atoms with Gasteiger partial charge >= 0.3 is 0 Å². The summed E-state index contributed by atoms with van der Waals surface area (Å²) in [6, 6.07) is 0. The molecule has 0 fully saturated rings. The van der Waals surface area contributed by atoms with Crippen molar-refractivity contribution in [2.24, 2.45) is 11.8 Å². The van der Waals surface area contributed by atoms with Gasteiger partial charge in [0.15, 0.2) is 0 Å². The topological polar surface area (TPSA) is 20.2 Å². The summed E-state index contributed by atoms with van der Waals surface area (Å²) in [5.41, 5.74) is 0.903. The van der Waals surface area contributed by atoms with Crippen LogP contribution in [-0.2, 0) is 0 Å². The molecule has 0 amide bonds. The molecule has 1 aliphatic rings. The Labute approximate surface area is 81.9 Å². The van der Waals surface area contributed by atoms with Crippen LogP contribution >= 0.6 is 0 Å². The van der Waals surface area contributed by atoms with Crippen LogP contribution in [0.25, 0.3) is 0 Å². The van der Waals surface area contributed by atoms with Crippen LogP contribution in [0.1, 0.15) is 47.0 Å². The lowest BCUT2D eigenvalue weighted by molar-refractivity contribution is 0.0264. The molecule has 1 nitrogen and oxygen atoms in total. The zero-order valence-electron chi connectivity index (χ0n) is 9.30. The number of rotatable bonds is 2. The van der Waals surface area contributed by atoms with Crippen molar-refractivity contribution in [2.75, 3.05) is 0 Å². The van der Waals surface area contributed by atoms with Gasteiger partial charge in [-0.3, -0.25) is 0 Å². The largest absolute Gasteiger partial charge is 0.386 e. The van der Waals surface area contributed by atoms with Gasteiger partial charge in [-0.05, 0) is 31.1 Å². The van der Waals surface area contributed by atoms with Gasteiger partial charge in [0, 0.05) is 0 Å². The highest BCUT2D eigenvalue weighted by Crippen LogP contribution is 2.34. The second-order valence-corrected chi connectivity index (χ2v) is 4.87. The number of hydrogen-bond donors (Lipinski definition) is 1. The monoisotopic (exact) mass is 182 g/mol. The van der Waals surface area contributed by atoms with E-state index in [9.17, 15) is 5.11 Å². The van der Waals surface area contributed by atoms with Crippen molar-refractivity contribution in [1.82, 2.24) is 0 Å². The smallest absolute Gasteiger partial charge is 0.0853 e. The van der Waals surface area contributed by atoms with E-state index < -0.39 is 5.60 Å². The minimum Gasteiger partial charge on any atom is -0.386 e. The lowest BCUT2D eigenvalue weighted by Gasteiger charge is -2.34. The third kappa shape index (κ3) is 2.34. The molecule has 1 rings (SSSR count). The van der Waals surface area contributed by atoms with Gasteiger partial charge in [0.1, 0.15) is 0 Å². The van der Waals surface area contributed by atoms with Crippen LogP contribution in [0, 0.1) is 11.8 Å². The van der Waals surface area contributed by atoms with E-state index in [0.29, 0.717) is 11.8 Å². The highest BCUT2D eigenvalue weighted by Gasteiger charge is 2.31. The van der Waals surface area contributed by atoms with E-state index in [0.717, 1.165) is 12.8 Å². The average molecular weight is 182 g/mol. The van der Waals surface area contributed by atoms with Crippen molar-refractivity contribution >= 4 is 0 Å². The first kappa shape index (κ1) is 10.8. The van der Waals surface area contributed by atoms with Gasteiger partial charge in [-0.15, -0.1) is 0 Å². The molecule has 13 heavy (non-hydrogen) atoms. The fourth-order valence-corrected chi connectivity index (χ4v) is 1.95. The molecule has 0 aliphatic heterocycles. The van der Waals surface area contributed by atoms with Crippen LogP contribution in [-0.4, -0.2) is 10.7 Å². The summed E-state index contributed by atoms with van der Waals surface area (Å²) in [5.74, 6) is 0.923. The van der Waals surface area contributed by atoms with E-state index in [-0.39, 0.29) is 0 Å². The quantitative estimate of drug-likeness (QED) is 0.650. The molecule has 1 heteroatoms. The lowest BCUT2D eigenvalue weighted by atomic mass is 9.77. The normalized spacial score (nSPS) is 29.6. The van der Waals surface area contributed by atoms with Gasteiger partial charge in [0.25, 0.3) is 0 Å². The second kappa shape index (κ2) is 3.83. The molecule has 0 aromatic carbocycles. The van der Waals surface area contributed by atoms with E-state index in [1.165, 1.54) is 12.0 Å². The van der Waals surface area contributed by atoms with Crippen LogP contribution in [0.3, 0.4) is 0 Å². The van der Waals surface area contributed by atoms with E-state index in [1.807, 2.05) is 0 Å². The Morgan fingerprint density at radius 1 is 1.31 bits per heavy atom. The van der Waals surface area contributed by atoms with Crippen molar-refractivity contribution in [1.29, 1.82) is 0 Å². The Hall–Kier alpha value is -0.300. The van der Waals surface area contributed by atoms with Crippen molar-refractivity contribution in [3.05, 3.63) is 11.6 Å². The zero-order valence-corrected chi connectivity index (χ0v) is 9.30. The molecule has 1 atom stereocenters. The maximum Gasteiger partial charge on any atom is 0.0853 e. The molecule has 0 aromatic heterocycles. The summed E-state index contributed by atoms with van der Waals surface area (Å²) < 4.78 is 0. The average Bonchev–Trinajstić information content (AvgIpc) is 2.04. The Bertz CT molecular complexity index is 203. The Morgan fingerprint density at radius 2 is 1.92 bits per heavy atom. The Morgan fingerprint density at radius 3 is 2.38 bits per heavy atom. The minimum absolute atomic E-state index is 0.335. The maximum atomic E-state index is 10.3. The molecule has 0 saturated carbocycles. The Balaban J connectivity index is 2.84.